The molecule has 3 N–H and O–H groups in total. The van der Waals surface area contributed by atoms with Crippen molar-refractivity contribution in [3.8, 4) is 6.07 Å². The maximum atomic E-state index is 12.9. The highest BCUT2D eigenvalue weighted by atomic mass is 16.2. The van der Waals surface area contributed by atoms with E-state index in [9.17, 15) is 4.79 Å². The van der Waals surface area contributed by atoms with Crippen molar-refractivity contribution in [1.29, 1.82) is 5.26 Å². The van der Waals surface area contributed by atoms with Crippen LogP contribution >= 0.6 is 0 Å². The maximum absolute atomic E-state index is 12.9. The molecular formula is C27H36N6O. The predicted molar refractivity (Wildman–Crippen MR) is 134 cm³/mol. The Morgan fingerprint density at radius 1 is 1.15 bits per heavy atom. The summed E-state index contributed by atoms with van der Waals surface area (Å²) in [7, 11) is 0. The number of allylic oxidation sites excluding steroid dienone is 2. The fourth-order valence-electron chi connectivity index (χ4n) is 5.55. The molecule has 1 aliphatic heterocycles. The zero-order valence-corrected chi connectivity index (χ0v) is 21.2. The van der Waals surface area contributed by atoms with Gasteiger partial charge in [-0.25, -0.2) is 4.98 Å². The van der Waals surface area contributed by atoms with Crippen LogP contribution in [0.25, 0.3) is 5.57 Å². The normalized spacial score (nSPS) is 21.4. The summed E-state index contributed by atoms with van der Waals surface area (Å²) in [6, 6.07) is 6.00. The molecule has 1 amide bonds. The molecule has 0 unspecified atom stereocenters. The van der Waals surface area contributed by atoms with Crippen molar-refractivity contribution in [2.75, 3.05) is 5.32 Å². The standard InChI is InChI=1S/C27H36N6O/c1-25(2)11-9-17(10-12-25)22-21(32-24(34)23-29-16-19(15-28)30-23)8-7-20(31-22)18-13-26(3,4)33-27(5,6)14-18/h7-9,16,18,33H,10-14H2,1-6H3,(H,29,30)(H,32,34). The predicted octanol–water partition coefficient (Wildman–Crippen LogP) is 5.55. The van der Waals surface area contributed by atoms with Gasteiger partial charge >= 0.3 is 0 Å². The zero-order chi connectivity index (χ0) is 24.7. The topological polar surface area (TPSA) is 106 Å². The number of nitrogens with zero attached hydrogens (tertiary/aromatic N) is 3. The van der Waals surface area contributed by atoms with E-state index >= 15 is 0 Å². The van der Waals surface area contributed by atoms with Gasteiger partial charge in [0.25, 0.3) is 5.91 Å². The Morgan fingerprint density at radius 3 is 2.44 bits per heavy atom. The summed E-state index contributed by atoms with van der Waals surface area (Å²) in [5.41, 5.74) is 4.36. The van der Waals surface area contributed by atoms with Crippen molar-refractivity contribution in [3.63, 3.8) is 0 Å². The molecule has 1 saturated heterocycles. The molecule has 0 atom stereocenters. The quantitative estimate of drug-likeness (QED) is 0.555. The van der Waals surface area contributed by atoms with Crippen molar-refractivity contribution in [2.45, 2.75) is 90.6 Å². The minimum atomic E-state index is -0.377. The van der Waals surface area contributed by atoms with Crippen LogP contribution in [0.4, 0.5) is 5.69 Å². The summed E-state index contributed by atoms with van der Waals surface area (Å²) in [6.45, 7) is 13.6. The molecule has 1 fully saturated rings. The molecule has 3 heterocycles. The Bertz CT molecular complexity index is 1150. The summed E-state index contributed by atoms with van der Waals surface area (Å²) in [5, 5.41) is 15.8. The van der Waals surface area contributed by atoms with Gasteiger partial charge in [-0.3, -0.25) is 9.78 Å². The number of aromatic amines is 1. The second-order valence-corrected chi connectivity index (χ2v) is 11.9. The Morgan fingerprint density at radius 2 is 1.85 bits per heavy atom. The lowest BCUT2D eigenvalue weighted by molar-refractivity contribution is 0.101. The SMILES string of the molecule is CC1(C)CC=C(c2nc(C3CC(C)(C)NC(C)(C)C3)ccc2NC(=O)c2ncc(C#N)[nH]2)CC1. The van der Waals surface area contributed by atoms with Crippen LogP contribution in [0.1, 0.15) is 107 Å². The number of rotatable bonds is 4. The fourth-order valence-corrected chi connectivity index (χ4v) is 5.55. The highest BCUT2D eigenvalue weighted by Crippen LogP contribution is 2.42. The van der Waals surface area contributed by atoms with Crippen LogP contribution in [0, 0.1) is 16.7 Å². The fraction of sp³-hybridized carbons (Fsp3) is 0.556. The number of carbonyl (C=O) groups is 1. The molecule has 0 saturated carbocycles. The lowest BCUT2D eigenvalue weighted by atomic mass is 9.74. The van der Waals surface area contributed by atoms with Gasteiger partial charge in [-0.15, -0.1) is 0 Å². The number of hydrogen-bond donors (Lipinski definition) is 3. The first kappa shape index (κ1) is 24.2. The van der Waals surface area contributed by atoms with Crippen molar-refractivity contribution >= 4 is 17.2 Å². The third-order valence-corrected chi connectivity index (χ3v) is 6.96. The van der Waals surface area contributed by atoms with Crippen LogP contribution in [-0.2, 0) is 0 Å². The summed E-state index contributed by atoms with van der Waals surface area (Å²) in [4.78, 5) is 24.8. The van der Waals surface area contributed by atoms with Gasteiger partial charge in [0.2, 0.25) is 0 Å². The number of aromatic nitrogens is 3. The lowest BCUT2D eigenvalue weighted by Gasteiger charge is -2.46. The summed E-state index contributed by atoms with van der Waals surface area (Å²) in [5.74, 6) is 0.0732. The van der Waals surface area contributed by atoms with E-state index in [0.717, 1.165) is 43.5 Å². The van der Waals surface area contributed by atoms with Gasteiger partial charge in [-0.05, 0) is 82.9 Å². The Kier molecular flexibility index (Phi) is 6.15. The number of nitrogens with one attached hydrogen (secondary N) is 3. The van der Waals surface area contributed by atoms with Crippen LogP contribution in [0.2, 0.25) is 0 Å². The number of amides is 1. The summed E-state index contributed by atoms with van der Waals surface area (Å²) >= 11 is 0. The second kappa shape index (κ2) is 8.66. The average Bonchev–Trinajstić information content (AvgIpc) is 3.21. The van der Waals surface area contributed by atoms with Gasteiger partial charge in [0, 0.05) is 22.7 Å². The van der Waals surface area contributed by atoms with Crippen LogP contribution in [0.5, 0.6) is 0 Å². The van der Waals surface area contributed by atoms with Gasteiger partial charge in [0.1, 0.15) is 11.8 Å². The minimum Gasteiger partial charge on any atom is -0.326 e. The van der Waals surface area contributed by atoms with Gasteiger partial charge in [0.15, 0.2) is 5.82 Å². The molecule has 0 spiro atoms. The van der Waals surface area contributed by atoms with Crippen molar-refractivity contribution in [1.82, 2.24) is 20.3 Å². The van der Waals surface area contributed by atoms with Crippen molar-refractivity contribution in [2.24, 2.45) is 5.41 Å². The van der Waals surface area contributed by atoms with Gasteiger partial charge < -0.3 is 15.6 Å². The maximum Gasteiger partial charge on any atom is 0.291 e. The first-order valence-corrected chi connectivity index (χ1v) is 12.1. The third kappa shape index (κ3) is 5.39. The molecule has 0 bridgehead atoms. The summed E-state index contributed by atoms with van der Waals surface area (Å²) in [6.07, 6.45) is 8.64. The molecule has 2 aromatic rings. The van der Waals surface area contributed by atoms with Gasteiger partial charge in [-0.2, -0.15) is 5.26 Å². The van der Waals surface area contributed by atoms with E-state index < -0.39 is 0 Å². The van der Waals surface area contributed by atoms with Crippen LogP contribution in [0.3, 0.4) is 0 Å². The molecule has 4 rings (SSSR count). The summed E-state index contributed by atoms with van der Waals surface area (Å²) < 4.78 is 0. The smallest absolute Gasteiger partial charge is 0.291 e. The molecule has 180 valence electrons. The van der Waals surface area contributed by atoms with Crippen LogP contribution in [0.15, 0.2) is 24.4 Å². The van der Waals surface area contributed by atoms with E-state index in [1.54, 1.807) is 0 Å². The number of piperidine rings is 1. The monoisotopic (exact) mass is 460 g/mol. The number of pyridine rings is 1. The third-order valence-electron chi connectivity index (χ3n) is 6.96. The van der Waals surface area contributed by atoms with E-state index in [0.29, 0.717) is 11.6 Å². The first-order valence-electron chi connectivity index (χ1n) is 12.1. The molecule has 2 aromatic heterocycles. The first-order chi connectivity index (χ1) is 15.9. The van der Waals surface area contributed by atoms with Crippen LogP contribution < -0.4 is 10.6 Å². The minimum absolute atomic E-state index is 0.0208. The van der Waals surface area contributed by atoms with E-state index in [1.165, 1.54) is 11.8 Å². The number of carbonyl (C=O) groups excluding carboxylic acids is 1. The molecular weight excluding hydrogens is 424 g/mol. The van der Waals surface area contributed by atoms with Gasteiger partial charge in [-0.1, -0.05) is 19.9 Å². The molecule has 34 heavy (non-hydrogen) atoms. The highest BCUT2D eigenvalue weighted by molar-refractivity contribution is 6.03. The zero-order valence-electron chi connectivity index (χ0n) is 21.2. The van der Waals surface area contributed by atoms with E-state index in [2.05, 4.69) is 74.3 Å². The lowest BCUT2D eigenvalue weighted by Crippen LogP contribution is -2.57. The van der Waals surface area contributed by atoms with E-state index in [4.69, 9.17) is 10.2 Å². The Hall–Kier alpha value is -2.98. The molecule has 7 nitrogen and oxygen atoms in total. The second-order valence-electron chi connectivity index (χ2n) is 11.9. The van der Waals surface area contributed by atoms with E-state index in [1.807, 2.05) is 12.1 Å². The average molecular weight is 461 g/mol. The number of anilines is 1. The number of H-pyrrole nitrogens is 1. The molecule has 0 aromatic carbocycles. The molecule has 7 heteroatoms. The molecule has 1 aliphatic carbocycles. The van der Waals surface area contributed by atoms with Crippen molar-refractivity contribution < 1.29 is 4.79 Å². The molecule has 0 radical (unpaired) electrons. The van der Waals surface area contributed by atoms with E-state index in [-0.39, 0.29) is 33.9 Å². The number of hydrogen-bond acceptors (Lipinski definition) is 5. The largest absolute Gasteiger partial charge is 0.326 e. The Labute approximate surface area is 202 Å². The van der Waals surface area contributed by atoms with Gasteiger partial charge in [0.05, 0.1) is 17.6 Å². The highest BCUT2D eigenvalue weighted by Gasteiger charge is 2.39. The van der Waals surface area contributed by atoms with Crippen molar-refractivity contribution in [3.05, 3.63) is 47.3 Å². The molecule has 2 aliphatic rings. The number of imidazole rings is 1. The number of nitriles is 1. The van der Waals surface area contributed by atoms with Crippen LogP contribution in [-0.4, -0.2) is 31.9 Å². The Balaban J connectivity index is 1.69.